The summed E-state index contributed by atoms with van der Waals surface area (Å²) in [5.41, 5.74) is 3.81. The summed E-state index contributed by atoms with van der Waals surface area (Å²) in [4.78, 5) is 35.7. The van der Waals surface area contributed by atoms with Crippen LogP contribution in [-0.2, 0) is 17.9 Å². The number of para-hydroxylation sites is 1. The van der Waals surface area contributed by atoms with Crippen molar-refractivity contribution in [1.82, 2.24) is 14.5 Å². The predicted molar refractivity (Wildman–Crippen MR) is 132 cm³/mol. The highest BCUT2D eigenvalue weighted by Gasteiger charge is 2.22. The van der Waals surface area contributed by atoms with E-state index >= 15 is 0 Å². The molecule has 4 rings (SSSR count). The molecule has 32 heavy (non-hydrogen) atoms. The van der Waals surface area contributed by atoms with Crippen LogP contribution < -0.4 is 10.9 Å². The van der Waals surface area contributed by atoms with Gasteiger partial charge >= 0.3 is 0 Å². The van der Waals surface area contributed by atoms with E-state index in [4.69, 9.17) is 4.98 Å². The number of rotatable bonds is 6. The van der Waals surface area contributed by atoms with Gasteiger partial charge in [0.05, 0.1) is 11.9 Å². The van der Waals surface area contributed by atoms with Crippen molar-refractivity contribution in [3.63, 3.8) is 0 Å². The lowest BCUT2D eigenvalue weighted by Crippen LogP contribution is -2.34. The Morgan fingerprint density at radius 1 is 1.19 bits per heavy atom. The summed E-state index contributed by atoms with van der Waals surface area (Å²) in [6.45, 7) is 12.8. The topological polar surface area (TPSA) is 67.2 Å². The summed E-state index contributed by atoms with van der Waals surface area (Å²) in [6, 6.07) is 6.05. The number of aryl methyl sites for hydroxylation is 3. The van der Waals surface area contributed by atoms with Crippen molar-refractivity contribution in [2.24, 2.45) is 0 Å². The molecule has 0 radical (unpaired) electrons. The van der Waals surface area contributed by atoms with Gasteiger partial charge in [0.2, 0.25) is 5.91 Å². The first kappa shape index (κ1) is 22.7. The van der Waals surface area contributed by atoms with Crippen LogP contribution in [0.15, 0.2) is 23.0 Å². The zero-order valence-electron chi connectivity index (χ0n) is 19.6. The molecule has 2 aromatic heterocycles. The lowest BCUT2D eigenvalue weighted by molar-refractivity contribution is -0.116. The van der Waals surface area contributed by atoms with E-state index < -0.39 is 0 Å². The van der Waals surface area contributed by atoms with Gasteiger partial charge in [-0.05, 0) is 69.3 Å². The molecule has 7 heteroatoms. The van der Waals surface area contributed by atoms with Gasteiger partial charge in [-0.25, -0.2) is 4.98 Å². The number of aromatic nitrogens is 2. The molecule has 1 aliphatic rings. The molecule has 1 saturated heterocycles. The van der Waals surface area contributed by atoms with Crippen LogP contribution in [0.25, 0.3) is 10.2 Å². The minimum Gasteiger partial charge on any atom is -0.324 e. The molecule has 0 unspecified atom stereocenters. The molecule has 0 saturated carbocycles. The van der Waals surface area contributed by atoms with Gasteiger partial charge in [-0.3, -0.25) is 19.1 Å². The molecule has 170 valence electrons. The summed E-state index contributed by atoms with van der Waals surface area (Å²) in [6.07, 6.45) is 2.32. The molecule has 1 aromatic carbocycles. The van der Waals surface area contributed by atoms with E-state index in [0.717, 1.165) is 58.0 Å². The fourth-order valence-corrected chi connectivity index (χ4v) is 5.50. The Hall–Kier alpha value is -2.51. The number of anilines is 1. The van der Waals surface area contributed by atoms with Crippen molar-refractivity contribution in [3.8, 4) is 0 Å². The molecule has 0 spiro atoms. The Balaban J connectivity index is 1.71. The average Bonchev–Trinajstić information content (AvgIpc) is 3.34. The molecule has 0 bridgehead atoms. The van der Waals surface area contributed by atoms with Crippen LogP contribution in [0.3, 0.4) is 0 Å². The fraction of sp³-hybridized carbons (Fsp3) is 0.480. The number of hydrogen-bond acceptors (Lipinski definition) is 5. The summed E-state index contributed by atoms with van der Waals surface area (Å²) in [5.74, 6) is 0.763. The van der Waals surface area contributed by atoms with Gasteiger partial charge in [-0.1, -0.05) is 32.0 Å². The van der Waals surface area contributed by atoms with Gasteiger partial charge in [0, 0.05) is 10.6 Å². The van der Waals surface area contributed by atoms with E-state index in [-0.39, 0.29) is 23.9 Å². The smallest absolute Gasteiger partial charge is 0.263 e. The third-order valence-electron chi connectivity index (χ3n) is 6.42. The summed E-state index contributed by atoms with van der Waals surface area (Å²) in [7, 11) is 0. The summed E-state index contributed by atoms with van der Waals surface area (Å²) < 4.78 is 1.59. The molecule has 1 fully saturated rings. The number of amides is 1. The number of thiophene rings is 1. The van der Waals surface area contributed by atoms with Gasteiger partial charge in [0.25, 0.3) is 5.56 Å². The molecule has 0 atom stereocenters. The fourth-order valence-electron chi connectivity index (χ4n) is 4.46. The quantitative estimate of drug-likeness (QED) is 0.587. The number of nitrogens with one attached hydrogen (secondary N) is 1. The largest absolute Gasteiger partial charge is 0.324 e. The van der Waals surface area contributed by atoms with Crippen LogP contribution in [0.1, 0.15) is 60.0 Å². The molecule has 0 aliphatic carbocycles. The maximum atomic E-state index is 13.5. The first-order valence-corrected chi connectivity index (χ1v) is 12.2. The molecule has 1 N–H and O–H groups in total. The third-order valence-corrected chi connectivity index (χ3v) is 7.53. The summed E-state index contributed by atoms with van der Waals surface area (Å²) in [5, 5.41) is 3.73. The Kier molecular flexibility index (Phi) is 6.49. The van der Waals surface area contributed by atoms with Crippen LogP contribution in [0, 0.1) is 20.8 Å². The van der Waals surface area contributed by atoms with Crippen LogP contribution >= 0.6 is 11.3 Å². The van der Waals surface area contributed by atoms with Crippen LogP contribution in [0.2, 0.25) is 0 Å². The second-order valence-corrected chi connectivity index (χ2v) is 10.3. The average molecular weight is 453 g/mol. The standard InChI is InChI=1S/C25H32N4O2S/c1-15(2)19-10-8-9-16(3)23(19)27-21(30)14-29-20(13-28-11-6-7-12-28)26-24-22(25(29)31)17(4)18(5)32-24/h8-10,15H,6-7,11-14H2,1-5H3,(H,27,30). The lowest BCUT2D eigenvalue weighted by atomic mass is 9.98. The molecule has 3 aromatic rings. The Morgan fingerprint density at radius 2 is 1.91 bits per heavy atom. The van der Waals surface area contributed by atoms with Crippen molar-refractivity contribution >= 4 is 33.1 Å². The van der Waals surface area contributed by atoms with Crippen molar-refractivity contribution < 1.29 is 4.79 Å². The van der Waals surface area contributed by atoms with Crippen molar-refractivity contribution in [2.45, 2.75) is 66.5 Å². The number of hydrogen-bond donors (Lipinski definition) is 1. The Morgan fingerprint density at radius 3 is 2.59 bits per heavy atom. The van der Waals surface area contributed by atoms with E-state index in [2.05, 4.69) is 24.1 Å². The van der Waals surface area contributed by atoms with E-state index in [0.29, 0.717) is 17.8 Å². The third kappa shape index (κ3) is 4.36. The van der Waals surface area contributed by atoms with E-state index in [1.165, 1.54) is 0 Å². The van der Waals surface area contributed by atoms with Gasteiger partial charge in [-0.2, -0.15) is 0 Å². The number of fused-ring (bicyclic) bond motifs is 1. The highest BCUT2D eigenvalue weighted by molar-refractivity contribution is 7.18. The maximum absolute atomic E-state index is 13.5. The SMILES string of the molecule is Cc1cccc(C(C)C)c1NC(=O)Cn1c(CN2CCCC2)nc2sc(C)c(C)c2c1=O. The van der Waals surface area contributed by atoms with Gasteiger partial charge < -0.3 is 5.32 Å². The monoisotopic (exact) mass is 452 g/mol. The highest BCUT2D eigenvalue weighted by Crippen LogP contribution is 2.28. The Labute approximate surface area is 193 Å². The second-order valence-electron chi connectivity index (χ2n) is 9.11. The van der Waals surface area contributed by atoms with Crippen molar-refractivity contribution in [1.29, 1.82) is 0 Å². The number of carbonyl (C=O) groups is 1. The zero-order chi connectivity index (χ0) is 23.0. The first-order chi connectivity index (χ1) is 15.3. The first-order valence-electron chi connectivity index (χ1n) is 11.4. The number of carbonyl (C=O) groups excluding carboxylic acids is 1. The van der Waals surface area contributed by atoms with Crippen molar-refractivity contribution in [2.75, 3.05) is 18.4 Å². The maximum Gasteiger partial charge on any atom is 0.263 e. The second kappa shape index (κ2) is 9.16. The van der Waals surface area contributed by atoms with Gasteiger partial charge in [0.1, 0.15) is 17.2 Å². The molecular formula is C25H32N4O2S. The van der Waals surface area contributed by atoms with Gasteiger partial charge in [0.15, 0.2) is 0 Å². The highest BCUT2D eigenvalue weighted by atomic mass is 32.1. The van der Waals surface area contributed by atoms with Crippen molar-refractivity contribution in [3.05, 3.63) is 55.9 Å². The molecular weight excluding hydrogens is 420 g/mol. The molecule has 6 nitrogen and oxygen atoms in total. The van der Waals surface area contributed by atoms with E-state index in [1.807, 2.05) is 39.0 Å². The number of benzene rings is 1. The molecule has 1 amide bonds. The van der Waals surface area contributed by atoms with Crippen LogP contribution in [-0.4, -0.2) is 33.4 Å². The predicted octanol–water partition coefficient (Wildman–Crippen LogP) is 4.74. The minimum absolute atomic E-state index is 0.0366. The van der Waals surface area contributed by atoms with Crippen LogP contribution in [0.5, 0.6) is 0 Å². The zero-order valence-corrected chi connectivity index (χ0v) is 20.4. The number of likely N-dealkylation sites (tertiary alicyclic amines) is 1. The minimum atomic E-state index is -0.197. The van der Waals surface area contributed by atoms with E-state index in [1.54, 1.807) is 15.9 Å². The Bertz CT molecular complexity index is 1220. The van der Waals surface area contributed by atoms with Crippen LogP contribution in [0.4, 0.5) is 5.69 Å². The normalized spacial score (nSPS) is 14.6. The molecule has 3 heterocycles. The molecule has 1 aliphatic heterocycles. The number of nitrogens with zero attached hydrogens (tertiary/aromatic N) is 3. The lowest BCUT2D eigenvalue weighted by Gasteiger charge is -2.19. The van der Waals surface area contributed by atoms with Gasteiger partial charge in [-0.15, -0.1) is 11.3 Å². The van der Waals surface area contributed by atoms with E-state index in [9.17, 15) is 9.59 Å². The summed E-state index contributed by atoms with van der Waals surface area (Å²) >= 11 is 1.56.